The van der Waals surface area contributed by atoms with Crippen molar-refractivity contribution in [1.29, 1.82) is 0 Å². The smallest absolute Gasteiger partial charge is 0.310 e. The molecule has 3 atom stereocenters. The molecule has 90 valence electrons. The van der Waals surface area contributed by atoms with Crippen molar-refractivity contribution in [3.05, 3.63) is 0 Å². The average molecular weight is 225 g/mol. The van der Waals surface area contributed by atoms with E-state index in [0.29, 0.717) is 6.42 Å². The summed E-state index contributed by atoms with van der Waals surface area (Å²) in [6.07, 6.45) is 2.29. The first kappa shape index (κ1) is 11.4. The van der Waals surface area contributed by atoms with Gasteiger partial charge in [0, 0.05) is 5.54 Å². The van der Waals surface area contributed by atoms with E-state index in [-0.39, 0.29) is 23.3 Å². The number of nitrogens with one attached hydrogen (secondary N) is 1. The number of carbonyl (C=O) groups excluding carboxylic acids is 1. The molecule has 0 spiro atoms. The Kier molecular flexibility index (Phi) is 2.30. The Hall–Kier alpha value is -1.06. The lowest BCUT2D eigenvalue weighted by atomic mass is 9.88. The summed E-state index contributed by atoms with van der Waals surface area (Å²) in [5, 5.41) is 12.1. The number of amides is 1. The maximum Gasteiger partial charge on any atom is 0.310 e. The summed E-state index contributed by atoms with van der Waals surface area (Å²) in [5.41, 5.74) is -1.01. The van der Waals surface area contributed by atoms with Crippen LogP contribution in [0.15, 0.2) is 0 Å². The summed E-state index contributed by atoms with van der Waals surface area (Å²) in [4.78, 5) is 23.3. The molecule has 4 heteroatoms. The van der Waals surface area contributed by atoms with Crippen molar-refractivity contribution in [3.8, 4) is 0 Å². The van der Waals surface area contributed by atoms with E-state index in [1.807, 2.05) is 20.8 Å². The van der Waals surface area contributed by atoms with E-state index < -0.39 is 11.4 Å². The molecule has 0 aliphatic heterocycles. The topological polar surface area (TPSA) is 66.4 Å². The Labute approximate surface area is 95.4 Å². The molecule has 1 amide bonds. The molecule has 2 rings (SSSR count). The van der Waals surface area contributed by atoms with Gasteiger partial charge in [0.2, 0.25) is 5.91 Å². The van der Waals surface area contributed by atoms with E-state index in [0.717, 1.165) is 12.8 Å². The van der Waals surface area contributed by atoms with Crippen molar-refractivity contribution >= 4 is 11.9 Å². The number of aliphatic carboxylic acids is 1. The molecule has 2 aliphatic carbocycles. The molecule has 2 N–H and O–H groups in total. The van der Waals surface area contributed by atoms with Crippen LogP contribution in [0, 0.1) is 17.3 Å². The van der Waals surface area contributed by atoms with E-state index in [4.69, 9.17) is 0 Å². The van der Waals surface area contributed by atoms with E-state index in [2.05, 4.69) is 5.32 Å². The van der Waals surface area contributed by atoms with Crippen LogP contribution in [-0.2, 0) is 9.59 Å². The van der Waals surface area contributed by atoms with Gasteiger partial charge >= 0.3 is 5.97 Å². The van der Waals surface area contributed by atoms with Crippen molar-refractivity contribution in [2.24, 2.45) is 17.3 Å². The third-order valence-corrected chi connectivity index (χ3v) is 3.79. The fourth-order valence-corrected chi connectivity index (χ4v) is 2.99. The molecular formula is C12H19NO3. The highest BCUT2D eigenvalue weighted by molar-refractivity contribution is 5.90. The van der Waals surface area contributed by atoms with Crippen LogP contribution in [0.1, 0.15) is 40.0 Å². The summed E-state index contributed by atoms with van der Waals surface area (Å²) >= 11 is 0. The Morgan fingerprint density at radius 2 is 1.94 bits per heavy atom. The maximum atomic E-state index is 12.0. The maximum absolute atomic E-state index is 12.0. The van der Waals surface area contributed by atoms with Crippen LogP contribution in [0.4, 0.5) is 0 Å². The van der Waals surface area contributed by atoms with Crippen molar-refractivity contribution in [1.82, 2.24) is 5.32 Å². The molecule has 0 aromatic carbocycles. The molecule has 3 unspecified atom stereocenters. The summed E-state index contributed by atoms with van der Waals surface area (Å²) in [5.74, 6) is -0.964. The van der Waals surface area contributed by atoms with Gasteiger partial charge in [-0.3, -0.25) is 9.59 Å². The predicted octanol–water partition coefficient (Wildman–Crippen LogP) is 1.40. The molecule has 0 aromatic rings. The SMILES string of the molecule is CC(C)(C)NC(=O)C1CCC2CC21C(=O)O. The van der Waals surface area contributed by atoms with Crippen LogP contribution < -0.4 is 5.32 Å². The van der Waals surface area contributed by atoms with Crippen LogP contribution >= 0.6 is 0 Å². The average Bonchev–Trinajstić information content (AvgIpc) is 2.70. The van der Waals surface area contributed by atoms with E-state index in [9.17, 15) is 14.7 Å². The van der Waals surface area contributed by atoms with Gasteiger partial charge in [-0.1, -0.05) is 0 Å². The van der Waals surface area contributed by atoms with Crippen molar-refractivity contribution in [3.63, 3.8) is 0 Å². The molecule has 2 aliphatic rings. The van der Waals surface area contributed by atoms with Crippen LogP contribution in [0.25, 0.3) is 0 Å². The van der Waals surface area contributed by atoms with E-state index >= 15 is 0 Å². The summed E-state index contributed by atoms with van der Waals surface area (Å²) in [6, 6.07) is 0. The number of hydrogen-bond acceptors (Lipinski definition) is 2. The fourth-order valence-electron chi connectivity index (χ4n) is 2.99. The molecule has 2 fully saturated rings. The van der Waals surface area contributed by atoms with Crippen LogP contribution in [0.5, 0.6) is 0 Å². The third-order valence-electron chi connectivity index (χ3n) is 3.79. The predicted molar refractivity (Wildman–Crippen MR) is 58.8 cm³/mol. The second kappa shape index (κ2) is 3.22. The first-order valence-corrected chi connectivity index (χ1v) is 5.83. The highest BCUT2D eigenvalue weighted by Gasteiger charge is 2.69. The molecule has 16 heavy (non-hydrogen) atoms. The zero-order valence-electron chi connectivity index (χ0n) is 10.0. The van der Waals surface area contributed by atoms with Gasteiger partial charge in [0.25, 0.3) is 0 Å². The first-order chi connectivity index (χ1) is 7.27. The minimum absolute atomic E-state index is 0.0881. The molecule has 0 heterocycles. The zero-order chi connectivity index (χ0) is 12.1. The Morgan fingerprint density at radius 1 is 1.31 bits per heavy atom. The number of carbonyl (C=O) groups is 2. The third kappa shape index (κ3) is 1.60. The standard InChI is InChI=1S/C12H19NO3/c1-11(2,3)13-9(14)8-5-4-7-6-12(7,8)10(15)16/h7-8H,4-6H2,1-3H3,(H,13,14)(H,15,16). The van der Waals surface area contributed by atoms with Gasteiger partial charge in [-0.15, -0.1) is 0 Å². The summed E-state index contributed by atoms with van der Waals surface area (Å²) in [6.45, 7) is 5.74. The lowest BCUT2D eigenvalue weighted by molar-refractivity contribution is -0.149. The van der Waals surface area contributed by atoms with Crippen LogP contribution in [-0.4, -0.2) is 22.5 Å². The monoisotopic (exact) mass is 225 g/mol. The van der Waals surface area contributed by atoms with Gasteiger partial charge in [-0.05, 0) is 46.0 Å². The van der Waals surface area contributed by atoms with Gasteiger partial charge in [0.15, 0.2) is 0 Å². The fraction of sp³-hybridized carbons (Fsp3) is 0.833. The molecule has 0 radical (unpaired) electrons. The molecule has 2 saturated carbocycles. The second-order valence-corrected chi connectivity index (χ2v) is 6.12. The van der Waals surface area contributed by atoms with Gasteiger partial charge in [0.1, 0.15) is 0 Å². The second-order valence-electron chi connectivity index (χ2n) is 6.12. The number of carboxylic acid groups (broad SMARTS) is 1. The molecule has 4 nitrogen and oxygen atoms in total. The molecule has 0 saturated heterocycles. The number of carboxylic acids is 1. The minimum Gasteiger partial charge on any atom is -0.481 e. The normalized spacial score (nSPS) is 36.7. The summed E-state index contributed by atoms with van der Waals surface area (Å²) in [7, 11) is 0. The Bertz CT molecular complexity index is 345. The zero-order valence-corrected chi connectivity index (χ0v) is 10.0. The summed E-state index contributed by atoms with van der Waals surface area (Å²) < 4.78 is 0. The van der Waals surface area contributed by atoms with Crippen LogP contribution in [0.2, 0.25) is 0 Å². The lowest BCUT2D eigenvalue weighted by Gasteiger charge is -2.26. The first-order valence-electron chi connectivity index (χ1n) is 5.83. The van der Waals surface area contributed by atoms with Gasteiger partial charge < -0.3 is 10.4 Å². The number of hydrogen-bond donors (Lipinski definition) is 2. The number of fused-ring (bicyclic) bond motifs is 1. The van der Waals surface area contributed by atoms with Gasteiger partial charge in [0.05, 0.1) is 11.3 Å². The molecule has 0 aromatic heterocycles. The lowest BCUT2D eigenvalue weighted by Crippen LogP contribution is -2.46. The van der Waals surface area contributed by atoms with Crippen molar-refractivity contribution in [2.45, 2.75) is 45.6 Å². The number of rotatable bonds is 2. The Balaban J connectivity index is 2.11. The van der Waals surface area contributed by atoms with Gasteiger partial charge in [-0.2, -0.15) is 0 Å². The van der Waals surface area contributed by atoms with Crippen molar-refractivity contribution < 1.29 is 14.7 Å². The van der Waals surface area contributed by atoms with E-state index in [1.54, 1.807) is 0 Å². The minimum atomic E-state index is -0.788. The molecule has 0 bridgehead atoms. The highest BCUT2D eigenvalue weighted by Crippen LogP contribution is 2.66. The Morgan fingerprint density at radius 3 is 2.38 bits per heavy atom. The quantitative estimate of drug-likeness (QED) is 0.746. The van der Waals surface area contributed by atoms with Gasteiger partial charge in [-0.25, -0.2) is 0 Å². The van der Waals surface area contributed by atoms with Crippen LogP contribution in [0.3, 0.4) is 0 Å². The largest absolute Gasteiger partial charge is 0.481 e. The van der Waals surface area contributed by atoms with E-state index in [1.165, 1.54) is 0 Å². The molecular weight excluding hydrogens is 206 g/mol. The highest BCUT2D eigenvalue weighted by atomic mass is 16.4. The van der Waals surface area contributed by atoms with Crippen molar-refractivity contribution in [2.75, 3.05) is 0 Å².